The van der Waals surface area contributed by atoms with Gasteiger partial charge in [0.25, 0.3) is 0 Å². The molecule has 0 fully saturated rings. The fourth-order valence-electron chi connectivity index (χ4n) is 2.47. The monoisotopic (exact) mass is 337 g/mol. The SMILES string of the molecule is Cc1cc(C)nc(NC(Cc2ccccc2)C(=O)Nc2ncn[nH]2)n1. The molecule has 128 valence electrons. The van der Waals surface area contributed by atoms with Gasteiger partial charge in [-0.2, -0.15) is 10.1 Å². The van der Waals surface area contributed by atoms with Crippen LogP contribution in [0, 0.1) is 13.8 Å². The lowest BCUT2D eigenvalue weighted by molar-refractivity contribution is -0.117. The summed E-state index contributed by atoms with van der Waals surface area (Å²) in [6.07, 6.45) is 1.82. The lowest BCUT2D eigenvalue weighted by Gasteiger charge is -2.18. The predicted octanol–water partition coefficient (Wildman–Crippen LogP) is 1.87. The zero-order chi connectivity index (χ0) is 17.6. The van der Waals surface area contributed by atoms with Gasteiger partial charge < -0.3 is 5.32 Å². The first kappa shape index (κ1) is 16.6. The first-order valence-electron chi connectivity index (χ1n) is 7.89. The molecule has 0 bridgehead atoms. The van der Waals surface area contributed by atoms with Crippen LogP contribution in [-0.4, -0.2) is 37.1 Å². The van der Waals surface area contributed by atoms with Crippen LogP contribution in [0.5, 0.6) is 0 Å². The van der Waals surface area contributed by atoms with Crippen LogP contribution in [0.4, 0.5) is 11.9 Å². The number of hydrogen-bond acceptors (Lipinski definition) is 6. The molecule has 2 heterocycles. The first-order valence-corrected chi connectivity index (χ1v) is 7.89. The van der Waals surface area contributed by atoms with Crippen molar-refractivity contribution in [3.8, 4) is 0 Å². The van der Waals surface area contributed by atoms with Crippen LogP contribution in [0.2, 0.25) is 0 Å². The molecule has 3 rings (SSSR count). The summed E-state index contributed by atoms with van der Waals surface area (Å²) in [7, 11) is 0. The number of aromatic amines is 1. The van der Waals surface area contributed by atoms with E-state index < -0.39 is 6.04 Å². The Bertz CT molecular complexity index is 813. The van der Waals surface area contributed by atoms with Crippen molar-refractivity contribution < 1.29 is 4.79 Å². The van der Waals surface area contributed by atoms with Gasteiger partial charge in [0.05, 0.1) is 0 Å². The van der Waals surface area contributed by atoms with Crippen molar-refractivity contribution in [2.45, 2.75) is 26.3 Å². The van der Waals surface area contributed by atoms with E-state index >= 15 is 0 Å². The van der Waals surface area contributed by atoms with Crippen LogP contribution in [0.1, 0.15) is 17.0 Å². The molecule has 1 unspecified atom stereocenters. The molecule has 0 aliphatic rings. The quantitative estimate of drug-likeness (QED) is 0.634. The highest BCUT2D eigenvalue weighted by atomic mass is 16.2. The van der Waals surface area contributed by atoms with Crippen LogP contribution in [0.3, 0.4) is 0 Å². The van der Waals surface area contributed by atoms with Crippen LogP contribution in [-0.2, 0) is 11.2 Å². The van der Waals surface area contributed by atoms with E-state index in [1.165, 1.54) is 6.33 Å². The summed E-state index contributed by atoms with van der Waals surface area (Å²) in [5, 5.41) is 12.2. The summed E-state index contributed by atoms with van der Waals surface area (Å²) in [5.41, 5.74) is 2.70. The molecule has 8 heteroatoms. The fourth-order valence-corrected chi connectivity index (χ4v) is 2.47. The lowest BCUT2D eigenvalue weighted by Crippen LogP contribution is -2.37. The third-order valence-corrected chi connectivity index (χ3v) is 3.54. The third kappa shape index (κ3) is 4.60. The van der Waals surface area contributed by atoms with Gasteiger partial charge in [0, 0.05) is 17.8 Å². The summed E-state index contributed by atoms with van der Waals surface area (Å²) in [5.74, 6) is 0.473. The summed E-state index contributed by atoms with van der Waals surface area (Å²) in [4.78, 5) is 25.3. The topological polar surface area (TPSA) is 108 Å². The molecule has 8 nitrogen and oxygen atoms in total. The van der Waals surface area contributed by atoms with Crippen molar-refractivity contribution in [2.24, 2.45) is 0 Å². The average molecular weight is 337 g/mol. The summed E-state index contributed by atoms with van der Waals surface area (Å²) in [6, 6.07) is 11.1. The Balaban J connectivity index is 1.81. The molecule has 2 aromatic heterocycles. The zero-order valence-corrected chi connectivity index (χ0v) is 14.0. The maximum Gasteiger partial charge on any atom is 0.249 e. The van der Waals surface area contributed by atoms with E-state index in [-0.39, 0.29) is 5.91 Å². The van der Waals surface area contributed by atoms with Crippen molar-refractivity contribution >= 4 is 17.8 Å². The standard InChI is InChI=1S/C17H19N7O/c1-11-8-12(2)21-17(20-11)22-14(9-13-6-4-3-5-7-13)15(25)23-16-18-10-19-24-16/h3-8,10,14H,9H2,1-2H3,(H,20,21,22)(H2,18,19,23,24,25). The number of anilines is 2. The molecule has 0 saturated heterocycles. The van der Waals surface area contributed by atoms with Gasteiger partial charge in [-0.1, -0.05) is 30.3 Å². The number of nitrogens with zero attached hydrogens (tertiary/aromatic N) is 4. The second-order valence-corrected chi connectivity index (χ2v) is 5.68. The van der Waals surface area contributed by atoms with Gasteiger partial charge in [-0.25, -0.2) is 15.1 Å². The van der Waals surface area contributed by atoms with E-state index in [9.17, 15) is 4.79 Å². The van der Waals surface area contributed by atoms with Crippen LogP contribution in [0.25, 0.3) is 0 Å². The minimum absolute atomic E-state index is 0.247. The van der Waals surface area contributed by atoms with E-state index in [0.717, 1.165) is 17.0 Å². The number of carbonyl (C=O) groups is 1. The molecule has 1 atom stereocenters. The average Bonchev–Trinajstić information content (AvgIpc) is 3.07. The molecule has 0 spiro atoms. The predicted molar refractivity (Wildman–Crippen MR) is 94.1 cm³/mol. The second-order valence-electron chi connectivity index (χ2n) is 5.68. The molecular formula is C17H19N7O. The number of amides is 1. The summed E-state index contributed by atoms with van der Waals surface area (Å²) < 4.78 is 0. The Hall–Kier alpha value is -3.29. The largest absolute Gasteiger partial charge is 0.342 e. The van der Waals surface area contributed by atoms with Crippen LogP contribution in [0.15, 0.2) is 42.7 Å². The highest BCUT2D eigenvalue weighted by molar-refractivity contribution is 5.95. The number of carbonyl (C=O) groups excluding carboxylic acids is 1. The molecule has 0 aliphatic heterocycles. The molecule has 0 saturated carbocycles. The maximum atomic E-state index is 12.7. The Kier molecular flexibility index (Phi) is 4.98. The minimum atomic E-state index is -0.561. The number of nitrogens with one attached hydrogen (secondary N) is 3. The van der Waals surface area contributed by atoms with E-state index in [4.69, 9.17) is 0 Å². The number of benzene rings is 1. The van der Waals surface area contributed by atoms with Gasteiger partial charge >= 0.3 is 0 Å². The van der Waals surface area contributed by atoms with Crippen molar-refractivity contribution in [3.05, 3.63) is 59.7 Å². The van der Waals surface area contributed by atoms with Gasteiger partial charge in [0.2, 0.25) is 17.8 Å². The lowest BCUT2D eigenvalue weighted by atomic mass is 10.1. The number of H-pyrrole nitrogens is 1. The molecular weight excluding hydrogens is 318 g/mol. The zero-order valence-electron chi connectivity index (χ0n) is 14.0. The van der Waals surface area contributed by atoms with E-state index in [2.05, 4.69) is 35.8 Å². The Labute approximate surface area is 145 Å². The van der Waals surface area contributed by atoms with Crippen LogP contribution >= 0.6 is 0 Å². The Morgan fingerprint density at radius 2 is 1.88 bits per heavy atom. The van der Waals surface area contributed by atoms with Crippen LogP contribution < -0.4 is 10.6 Å². The molecule has 0 aliphatic carbocycles. The van der Waals surface area contributed by atoms with Gasteiger partial charge in [0.1, 0.15) is 12.4 Å². The van der Waals surface area contributed by atoms with Gasteiger partial charge in [-0.3, -0.25) is 10.1 Å². The second kappa shape index (κ2) is 7.52. The van der Waals surface area contributed by atoms with E-state index in [1.54, 1.807) is 0 Å². The Morgan fingerprint density at radius 3 is 2.52 bits per heavy atom. The number of aryl methyl sites for hydroxylation is 2. The minimum Gasteiger partial charge on any atom is -0.342 e. The molecule has 1 aromatic carbocycles. The first-order chi connectivity index (χ1) is 12.1. The third-order valence-electron chi connectivity index (χ3n) is 3.54. The smallest absolute Gasteiger partial charge is 0.249 e. The number of hydrogen-bond donors (Lipinski definition) is 3. The van der Waals surface area contributed by atoms with Gasteiger partial charge in [-0.05, 0) is 25.5 Å². The molecule has 3 N–H and O–H groups in total. The highest BCUT2D eigenvalue weighted by Gasteiger charge is 2.21. The molecule has 3 aromatic rings. The van der Waals surface area contributed by atoms with Crippen molar-refractivity contribution in [1.29, 1.82) is 0 Å². The number of aromatic nitrogens is 5. The van der Waals surface area contributed by atoms with Crippen molar-refractivity contribution in [2.75, 3.05) is 10.6 Å². The molecule has 1 amide bonds. The van der Waals surface area contributed by atoms with Gasteiger partial charge in [0.15, 0.2) is 0 Å². The van der Waals surface area contributed by atoms with Gasteiger partial charge in [-0.15, -0.1) is 0 Å². The molecule has 0 radical (unpaired) electrons. The van der Waals surface area contributed by atoms with Crippen molar-refractivity contribution in [1.82, 2.24) is 25.1 Å². The van der Waals surface area contributed by atoms with E-state index in [1.807, 2.05) is 50.2 Å². The normalized spacial score (nSPS) is 11.8. The maximum absolute atomic E-state index is 12.7. The van der Waals surface area contributed by atoms with E-state index in [0.29, 0.717) is 18.3 Å². The summed E-state index contributed by atoms with van der Waals surface area (Å²) in [6.45, 7) is 3.78. The summed E-state index contributed by atoms with van der Waals surface area (Å²) >= 11 is 0. The molecule has 25 heavy (non-hydrogen) atoms. The number of rotatable bonds is 6. The highest BCUT2D eigenvalue weighted by Crippen LogP contribution is 2.11. The van der Waals surface area contributed by atoms with Crippen molar-refractivity contribution in [3.63, 3.8) is 0 Å². The fraction of sp³-hybridized carbons (Fsp3) is 0.235. The Morgan fingerprint density at radius 1 is 1.16 bits per heavy atom.